The summed E-state index contributed by atoms with van der Waals surface area (Å²) in [6.07, 6.45) is -3.49. The highest BCUT2D eigenvalue weighted by molar-refractivity contribution is 5.76. The fraction of sp³-hybridized carbons (Fsp3) is 0.929. The van der Waals surface area contributed by atoms with E-state index in [-0.39, 0.29) is 32.2 Å². The second-order valence-electron chi connectivity index (χ2n) is 5.77. The van der Waals surface area contributed by atoms with E-state index in [2.05, 4.69) is 5.32 Å². The van der Waals surface area contributed by atoms with Crippen molar-refractivity contribution in [1.29, 1.82) is 0 Å². The van der Waals surface area contributed by atoms with E-state index in [0.29, 0.717) is 13.0 Å². The molecule has 1 aliphatic heterocycles. The van der Waals surface area contributed by atoms with Gasteiger partial charge in [0, 0.05) is 19.1 Å². The summed E-state index contributed by atoms with van der Waals surface area (Å²) in [6.45, 7) is 6.55. The van der Waals surface area contributed by atoms with Gasteiger partial charge in [0.15, 0.2) is 0 Å². The average molecular weight is 310 g/mol. The predicted molar refractivity (Wildman–Crippen MR) is 73.9 cm³/mol. The molecule has 7 heteroatoms. The molecule has 21 heavy (non-hydrogen) atoms. The van der Waals surface area contributed by atoms with E-state index in [9.17, 15) is 18.0 Å². The zero-order valence-electron chi connectivity index (χ0n) is 12.9. The number of ether oxygens (including phenoxy) is 1. The molecular formula is C14H25F3N2O2. The van der Waals surface area contributed by atoms with Crippen molar-refractivity contribution >= 4 is 5.97 Å². The smallest absolute Gasteiger partial charge is 0.393 e. The molecule has 1 rings (SSSR count). The van der Waals surface area contributed by atoms with Crippen LogP contribution < -0.4 is 5.32 Å². The van der Waals surface area contributed by atoms with E-state index in [0.717, 1.165) is 0 Å². The van der Waals surface area contributed by atoms with E-state index >= 15 is 0 Å². The Bertz CT molecular complexity index is 335. The zero-order valence-corrected chi connectivity index (χ0v) is 12.9. The Kier molecular flexibility index (Phi) is 6.93. The summed E-state index contributed by atoms with van der Waals surface area (Å²) < 4.78 is 43.4. The third-order valence-corrected chi connectivity index (χ3v) is 3.51. The molecule has 0 aromatic carbocycles. The number of carbonyl (C=O) groups is 1. The van der Waals surface area contributed by atoms with Gasteiger partial charge in [0.05, 0.1) is 12.5 Å². The quantitative estimate of drug-likeness (QED) is 0.764. The molecule has 1 heterocycles. The summed E-state index contributed by atoms with van der Waals surface area (Å²) in [5.74, 6) is -1.70. The molecule has 124 valence electrons. The van der Waals surface area contributed by atoms with Crippen LogP contribution in [0.5, 0.6) is 0 Å². The van der Waals surface area contributed by atoms with E-state index in [1.807, 2.05) is 13.8 Å². The average Bonchev–Trinajstić information content (AvgIpc) is 2.37. The number of piperidine rings is 1. The second-order valence-corrected chi connectivity index (χ2v) is 5.77. The summed E-state index contributed by atoms with van der Waals surface area (Å²) in [6, 6.07) is -0.528. The number of hydrogen-bond acceptors (Lipinski definition) is 4. The monoisotopic (exact) mass is 310 g/mol. The molecule has 1 fully saturated rings. The first kappa shape index (κ1) is 18.2. The van der Waals surface area contributed by atoms with E-state index in [1.54, 1.807) is 11.8 Å². The summed E-state index contributed by atoms with van der Waals surface area (Å²) in [7, 11) is 0. The topological polar surface area (TPSA) is 41.6 Å². The lowest BCUT2D eigenvalue weighted by Crippen LogP contribution is -2.52. The van der Waals surface area contributed by atoms with Gasteiger partial charge in [-0.1, -0.05) is 13.8 Å². The van der Waals surface area contributed by atoms with Crippen LogP contribution in [0.15, 0.2) is 0 Å². The van der Waals surface area contributed by atoms with Gasteiger partial charge in [-0.3, -0.25) is 4.79 Å². The maximum Gasteiger partial charge on any atom is 0.393 e. The van der Waals surface area contributed by atoms with Crippen molar-refractivity contribution in [3.63, 3.8) is 0 Å². The lowest BCUT2D eigenvalue weighted by molar-refractivity contribution is -0.187. The SMILES string of the molecule is CCOC(=O)C(CN1CCCC(C(F)(F)F)C1)NC(C)C. The highest BCUT2D eigenvalue weighted by Crippen LogP contribution is 2.33. The zero-order chi connectivity index (χ0) is 16.0. The third kappa shape index (κ3) is 6.22. The molecule has 0 amide bonds. The molecule has 0 bridgehead atoms. The molecule has 0 radical (unpaired) electrons. The molecule has 1 saturated heterocycles. The van der Waals surface area contributed by atoms with Crippen LogP contribution in [0.3, 0.4) is 0 Å². The number of likely N-dealkylation sites (tertiary alicyclic amines) is 1. The first-order chi connectivity index (χ1) is 9.74. The minimum atomic E-state index is -4.16. The van der Waals surface area contributed by atoms with E-state index in [4.69, 9.17) is 4.74 Å². The molecule has 0 spiro atoms. The number of rotatable bonds is 6. The number of hydrogen-bond donors (Lipinski definition) is 1. The van der Waals surface area contributed by atoms with Crippen LogP contribution in [0.1, 0.15) is 33.6 Å². The number of halogens is 3. The third-order valence-electron chi connectivity index (χ3n) is 3.51. The van der Waals surface area contributed by atoms with Gasteiger partial charge in [-0.05, 0) is 26.3 Å². The highest BCUT2D eigenvalue weighted by Gasteiger charge is 2.42. The van der Waals surface area contributed by atoms with Crippen LogP contribution in [0.25, 0.3) is 0 Å². The molecular weight excluding hydrogens is 285 g/mol. The molecule has 2 atom stereocenters. The van der Waals surface area contributed by atoms with Crippen molar-refractivity contribution in [2.24, 2.45) is 5.92 Å². The van der Waals surface area contributed by atoms with Crippen molar-refractivity contribution in [2.45, 2.75) is 51.9 Å². The predicted octanol–water partition coefficient (Wildman–Crippen LogP) is 2.19. The van der Waals surface area contributed by atoms with Gasteiger partial charge < -0.3 is 15.0 Å². The Morgan fingerprint density at radius 1 is 1.43 bits per heavy atom. The lowest BCUT2D eigenvalue weighted by atomic mass is 9.97. The molecule has 1 aliphatic rings. The molecule has 4 nitrogen and oxygen atoms in total. The highest BCUT2D eigenvalue weighted by atomic mass is 19.4. The van der Waals surface area contributed by atoms with Crippen molar-refractivity contribution in [3.05, 3.63) is 0 Å². The number of nitrogens with one attached hydrogen (secondary N) is 1. The number of esters is 1. The molecule has 0 aromatic heterocycles. The summed E-state index contributed by atoms with van der Waals surface area (Å²) >= 11 is 0. The molecule has 0 aromatic rings. The first-order valence-corrected chi connectivity index (χ1v) is 7.45. The number of carbonyl (C=O) groups excluding carboxylic acids is 1. The van der Waals surface area contributed by atoms with Gasteiger partial charge in [-0.15, -0.1) is 0 Å². The van der Waals surface area contributed by atoms with Crippen LogP contribution in [0, 0.1) is 5.92 Å². The number of nitrogens with zero attached hydrogens (tertiary/aromatic N) is 1. The number of alkyl halides is 3. The minimum absolute atomic E-state index is 0.0425. The van der Waals surface area contributed by atoms with Crippen LogP contribution in [-0.4, -0.2) is 55.4 Å². The normalized spacial score (nSPS) is 22.3. The van der Waals surface area contributed by atoms with Gasteiger partial charge in [0.2, 0.25) is 0 Å². The van der Waals surface area contributed by atoms with Crippen molar-refractivity contribution in [2.75, 3.05) is 26.2 Å². The van der Waals surface area contributed by atoms with Crippen LogP contribution in [-0.2, 0) is 9.53 Å². The molecule has 0 saturated carbocycles. The molecule has 2 unspecified atom stereocenters. The van der Waals surface area contributed by atoms with E-state index < -0.39 is 24.1 Å². The van der Waals surface area contributed by atoms with Gasteiger partial charge in [0.1, 0.15) is 6.04 Å². The van der Waals surface area contributed by atoms with Gasteiger partial charge in [-0.2, -0.15) is 13.2 Å². The maximum absolute atomic E-state index is 12.8. The molecule has 1 N–H and O–H groups in total. The summed E-state index contributed by atoms with van der Waals surface area (Å²) in [5.41, 5.74) is 0. The standard InChI is InChI=1S/C14H25F3N2O2/c1-4-21-13(20)12(18-10(2)3)9-19-7-5-6-11(8-19)14(15,16)17/h10-12,18H,4-9H2,1-3H3. The fourth-order valence-corrected chi connectivity index (χ4v) is 2.59. The Labute approximate surface area is 124 Å². The van der Waals surface area contributed by atoms with Crippen molar-refractivity contribution < 1.29 is 22.7 Å². The maximum atomic E-state index is 12.8. The van der Waals surface area contributed by atoms with Crippen LogP contribution in [0.4, 0.5) is 13.2 Å². The largest absolute Gasteiger partial charge is 0.465 e. The Balaban J connectivity index is 2.62. The van der Waals surface area contributed by atoms with Gasteiger partial charge >= 0.3 is 12.1 Å². The Morgan fingerprint density at radius 3 is 2.62 bits per heavy atom. The lowest BCUT2D eigenvalue weighted by Gasteiger charge is -2.35. The van der Waals surface area contributed by atoms with Gasteiger partial charge in [0.25, 0.3) is 0 Å². The Hall–Kier alpha value is -0.820. The van der Waals surface area contributed by atoms with Crippen molar-refractivity contribution in [3.8, 4) is 0 Å². The molecule has 0 aliphatic carbocycles. The van der Waals surface area contributed by atoms with Gasteiger partial charge in [-0.25, -0.2) is 0 Å². The first-order valence-electron chi connectivity index (χ1n) is 7.45. The summed E-state index contributed by atoms with van der Waals surface area (Å²) in [5, 5.41) is 3.07. The van der Waals surface area contributed by atoms with Crippen LogP contribution in [0.2, 0.25) is 0 Å². The second kappa shape index (κ2) is 7.98. The van der Waals surface area contributed by atoms with Crippen molar-refractivity contribution in [1.82, 2.24) is 10.2 Å². The fourth-order valence-electron chi connectivity index (χ4n) is 2.59. The van der Waals surface area contributed by atoms with E-state index in [1.165, 1.54) is 0 Å². The Morgan fingerprint density at radius 2 is 2.10 bits per heavy atom. The van der Waals surface area contributed by atoms with Crippen LogP contribution >= 0.6 is 0 Å². The summed E-state index contributed by atoms with van der Waals surface area (Å²) in [4.78, 5) is 13.6. The minimum Gasteiger partial charge on any atom is -0.465 e.